The average molecular weight is 552 g/mol. The molecule has 0 saturated heterocycles. The van der Waals surface area contributed by atoms with Crippen LogP contribution in [0.5, 0.6) is 0 Å². The quantitative estimate of drug-likeness (QED) is 0.214. The molecule has 0 aliphatic heterocycles. The van der Waals surface area contributed by atoms with E-state index in [0.29, 0.717) is 0 Å². The van der Waals surface area contributed by atoms with Crippen molar-refractivity contribution in [3.63, 3.8) is 0 Å². The van der Waals surface area contributed by atoms with Crippen molar-refractivity contribution in [1.29, 1.82) is 0 Å². The summed E-state index contributed by atoms with van der Waals surface area (Å²) < 4.78 is 4.92. The van der Waals surface area contributed by atoms with Gasteiger partial charge in [0, 0.05) is 50.3 Å². The highest BCUT2D eigenvalue weighted by molar-refractivity contribution is 6.15. The molecule has 5 aromatic carbocycles. The molecule has 8 aromatic rings. The Balaban J connectivity index is 1.42. The van der Waals surface area contributed by atoms with Crippen LogP contribution in [0.25, 0.3) is 66.6 Å². The highest BCUT2D eigenvalue weighted by Crippen LogP contribution is 2.54. The van der Waals surface area contributed by atoms with Crippen molar-refractivity contribution in [3.8, 4) is 33.9 Å². The van der Waals surface area contributed by atoms with Gasteiger partial charge in [-0.05, 0) is 65.7 Å². The fourth-order valence-corrected chi connectivity index (χ4v) is 7.47. The first-order valence-electron chi connectivity index (χ1n) is 14.9. The first-order valence-corrected chi connectivity index (χ1v) is 14.9. The summed E-state index contributed by atoms with van der Waals surface area (Å²) in [7, 11) is 0. The predicted molar refractivity (Wildman–Crippen MR) is 178 cm³/mol. The molecule has 0 N–H and O–H groups in total. The van der Waals surface area contributed by atoms with E-state index in [9.17, 15) is 0 Å². The maximum absolute atomic E-state index is 4.63. The zero-order valence-corrected chi connectivity index (χ0v) is 24.1. The van der Waals surface area contributed by atoms with Gasteiger partial charge in [0.15, 0.2) is 0 Å². The molecule has 3 heteroatoms. The van der Waals surface area contributed by atoms with Crippen LogP contribution in [-0.2, 0) is 5.41 Å². The molecular weight excluding hydrogens is 522 g/mol. The van der Waals surface area contributed by atoms with Crippen LogP contribution in [0.15, 0.2) is 140 Å². The van der Waals surface area contributed by atoms with E-state index in [-0.39, 0.29) is 5.41 Å². The van der Waals surface area contributed by atoms with Crippen molar-refractivity contribution in [2.45, 2.75) is 19.3 Å². The zero-order valence-electron chi connectivity index (χ0n) is 24.1. The maximum Gasteiger partial charge on any atom is 0.0702 e. The van der Waals surface area contributed by atoms with Crippen molar-refractivity contribution in [1.82, 2.24) is 14.1 Å². The lowest BCUT2D eigenvalue weighted by Gasteiger charge is -2.21. The van der Waals surface area contributed by atoms with E-state index >= 15 is 0 Å². The Morgan fingerprint density at radius 1 is 0.535 bits per heavy atom. The van der Waals surface area contributed by atoms with Crippen LogP contribution in [0.3, 0.4) is 0 Å². The lowest BCUT2D eigenvalue weighted by Crippen LogP contribution is -2.14. The summed E-state index contributed by atoms with van der Waals surface area (Å²) in [5.74, 6) is 0. The summed E-state index contributed by atoms with van der Waals surface area (Å²) >= 11 is 0. The number of fused-ring (bicyclic) bond motifs is 8. The Kier molecular flexibility index (Phi) is 4.95. The number of pyridine rings is 1. The second kappa shape index (κ2) is 8.80. The summed E-state index contributed by atoms with van der Waals surface area (Å²) in [5.41, 5.74) is 13.4. The van der Waals surface area contributed by atoms with E-state index in [1.54, 1.807) is 0 Å². The van der Waals surface area contributed by atoms with Gasteiger partial charge in [0.1, 0.15) is 0 Å². The molecule has 0 atom stereocenters. The molecule has 1 aliphatic carbocycles. The van der Waals surface area contributed by atoms with Crippen molar-refractivity contribution >= 4 is 32.7 Å². The maximum atomic E-state index is 4.63. The molecule has 3 nitrogen and oxygen atoms in total. The minimum Gasteiger partial charge on any atom is -0.309 e. The number of benzene rings is 5. The minimum atomic E-state index is -0.131. The number of rotatable bonds is 3. The Hall–Kier alpha value is -5.41. The summed E-state index contributed by atoms with van der Waals surface area (Å²) in [6.45, 7) is 4.75. The number of hydrogen-bond acceptors (Lipinski definition) is 1. The van der Waals surface area contributed by atoms with E-state index in [4.69, 9.17) is 0 Å². The molecule has 0 spiro atoms. The third kappa shape index (κ3) is 3.33. The van der Waals surface area contributed by atoms with Crippen LogP contribution in [0.1, 0.15) is 25.0 Å². The summed E-state index contributed by atoms with van der Waals surface area (Å²) in [6.07, 6.45) is 1.86. The summed E-state index contributed by atoms with van der Waals surface area (Å²) in [4.78, 5) is 4.63. The minimum absolute atomic E-state index is 0.131. The summed E-state index contributed by atoms with van der Waals surface area (Å²) in [5, 5.41) is 3.81. The molecule has 0 bridgehead atoms. The van der Waals surface area contributed by atoms with Crippen LogP contribution in [-0.4, -0.2) is 14.1 Å². The second-order valence-corrected chi connectivity index (χ2v) is 12.1. The standard InChI is InChI=1S/C40H29N3/c1-40(2)33-19-8-6-18-30(33)39-38(40)32-25-36-31(24-37(32)43(39)27-14-4-3-5-15-27)29-17-7-9-21-35(29)42(36)28-16-12-13-26(23-28)34-20-10-11-22-41-34/h3-25H,1-2H3. The molecule has 0 amide bonds. The normalized spacial score (nSPS) is 13.5. The largest absolute Gasteiger partial charge is 0.309 e. The molecule has 0 saturated carbocycles. The van der Waals surface area contributed by atoms with Crippen LogP contribution < -0.4 is 0 Å². The van der Waals surface area contributed by atoms with Crippen molar-refractivity contribution in [3.05, 3.63) is 151 Å². The van der Waals surface area contributed by atoms with Gasteiger partial charge in [0.2, 0.25) is 0 Å². The highest BCUT2D eigenvalue weighted by atomic mass is 15.0. The smallest absolute Gasteiger partial charge is 0.0702 e. The predicted octanol–water partition coefficient (Wildman–Crippen LogP) is 10.1. The third-order valence-electron chi connectivity index (χ3n) is 9.32. The number of para-hydroxylation sites is 2. The first kappa shape index (κ1) is 24.2. The van der Waals surface area contributed by atoms with Gasteiger partial charge in [-0.1, -0.05) is 92.7 Å². The number of aromatic nitrogens is 3. The molecule has 3 aromatic heterocycles. The van der Waals surface area contributed by atoms with E-state index in [1.165, 1.54) is 60.8 Å². The van der Waals surface area contributed by atoms with Gasteiger partial charge in [-0.3, -0.25) is 4.98 Å². The van der Waals surface area contributed by atoms with E-state index in [1.807, 2.05) is 18.3 Å². The summed E-state index contributed by atoms with van der Waals surface area (Å²) in [6, 6.07) is 48.3. The molecule has 1 aliphatic rings. The topological polar surface area (TPSA) is 22.8 Å². The fourth-order valence-electron chi connectivity index (χ4n) is 7.47. The molecule has 204 valence electrons. The van der Waals surface area contributed by atoms with Gasteiger partial charge in [-0.15, -0.1) is 0 Å². The van der Waals surface area contributed by atoms with Crippen LogP contribution >= 0.6 is 0 Å². The molecule has 9 rings (SSSR count). The molecule has 43 heavy (non-hydrogen) atoms. The zero-order chi connectivity index (χ0) is 28.7. The Morgan fingerprint density at radius 2 is 1.26 bits per heavy atom. The van der Waals surface area contributed by atoms with Gasteiger partial charge < -0.3 is 9.13 Å². The van der Waals surface area contributed by atoms with E-state index in [2.05, 4.69) is 149 Å². The van der Waals surface area contributed by atoms with Crippen LogP contribution in [0.4, 0.5) is 0 Å². The second-order valence-electron chi connectivity index (χ2n) is 12.1. The molecular formula is C40H29N3. The fraction of sp³-hybridized carbons (Fsp3) is 0.0750. The highest BCUT2D eigenvalue weighted by Gasteiger charge is 2.40. The Labute approximate surface area is 250 Å². The molecule has 0 fully saturated rings. The van der Waals surface area contributed by atoms with Gasteiger partial charge in [0.05, 0.1) is 27.9 Å². The van der Waals surface area contributed by atoms with Gasteiger partial charge >= 0.3 is 0 Å². The number of hydrogen-bond donors (Lipinski definition) is 0. The van der Waals surface area contributed by atoms with Crippen molar-refractivity contribution in [2.24, 2.45) is 0 Å². The lowest BCUT2D eigenvalue weighted by molar-refractivity contribution is 0.666. The molecule has 0 unspecified atom stereocenters. The van der Waals surface area contributed by atoms with Crippen molar-refractivity contribution in [2.75, 3.05) is 0 Å². The SMILES string of the molecule is CC1(C)c2ccccc2-c2c1c1cc3c(cc1n2-c1ccccc1)c1ccccc1n3-c1cccc(-c2ccccn2)c1. The first-order chi connectivity index (χ1) is 21.1. The Bertz CT molecular complexity index is 2360. The van der Waals surface area contributed by atoms with Gasteiger partial charge in [0.25, 0.3) is 0 Å². The van der Waals surface area contributed by atoms with Gasteiger partial charge in [-0.25, -0.2) is 0 Å². The van der Waals surface area contributed by atoms with Crippen molar-refractivity contribution < 1.29 is 0 Å². The van der Waals surface area contributed by atoms with E-state index in [0.717, 1.165) is 16.9 Å². The molecule has 3 heterocycles. The van der Waals surface area contributed by atoms with Crippen LogP contribution in [0.2, 0.25) is 0 Å². The number of nitrogens with zero attached hydrogens (tertiary/aromatic N) is 3. The van der Waals surface area contributed by atoms with E-state index < -0.39 is 0 Å². The average Bonchev–Trinajstić information content (AvgIpc) is 3.65. The molecule has 0 radical (unpaired) electrons. The lowest BCUT2D eigenvalue weighted by atomic mass is 9.81. The van der Waals surface area contributed by atoms with Gasteiger partial charge in [-0.2, -0.15) is 0 Å². The Morgan fingerprint density at radius 3 is 2.12 bits per heavy atom. The monoisotopic (exact) mass is 551 g/mol. The third-order valence-corrected chi connectivity index (χ3v) is 9.32. The van der Waals surface area contributed by atoms with Crippen LogP contribution in [0, 0.1) is 0 Å².